The standard InChI is InChI=1S/C27H26N4O5/c1-29(16-15-19-9-14-25(35-2)26(17-19)36-3)27(32)24-18-23(20-7-5-4-6-8-20)28-30(24)21-10-12-22(13-11-21)31(33)34/h4-14,17-18H,15-16H2,1-3H3. The number of benzene rings is 3. The van der Waals surface area contributed by atoms with Crippen LogP contribution in [0.4, 0.5) is 5.69 Å². The van der Waals surface area contributed by atoms with Crippen molar-refractivity contribution in [3.8, 4) is 28.4 Å². The van der Waals surface area contributed by atoms with Crippen LogP contribution >= 0.6 is 0 Å². The molecule has 0 atom stereocenters. The predicted octanol–water partition coefficient (Wildman–Crippen LogP) is 4.78. The number of amides is 1. The van der Waals surface area contributed by atoms with Crippen molar-refractivity contribution in [3.63, 3.8) is 0 Å². The van der Waals surface area contributed by atoms with Crippen LogP contribution in [0.15, 0.2) is 78.9 Å². The number of non-ortho nitro benzene ring substituents is 1. The average molecular weight is 487 g/mol. The lowest BCUT2D eigenvalue weighted by Crippen LogP contribution is -2.30. The lowest BCUT2D eigenvalue weighted by Gasteiger charge is -2.18. The minimum Gasteiger partial charge on any atom is -0.493 e. The molecule has 0 saturated heterocycles. The molecule has 0 aliphatic carbocycles. The predicted molar refractivity (Wildman–Crippen MR) is 136 cm³/mol. The van der Waals surface area contributed by atoms with Crippen molar-refractivity contribution in [3.05, 3.63) is 100 Å². The van der Waals surface area contributed by atoms with Gasteiger partial charge in [0.1, 0.15) is 5.69 Å². The molecule has 0 fully saturated rings. The van der Waals surface area contributed by atoms with E-state index in [1.807, 2.05) is 48.5 Å². The van der Waals surface area contributed by atoms with E-state index in [-0.39, 0.29) is 11.6 Å². The number of nitro groups is 1. The van der Waals surface area contributed by atoms with Crippen molar-refractivity contribution < 1.29 is 19.2 Å². The molecule has 1 amide bonds. The van der Waals surface area contributed by atoms with Crippen LogP contribution < -0.4 is 9.47 Å². The average Bonchev–Trinajstić information content (AvgIpc) is 3.37. The van der Waals surface area contributed by atoms with Gasteiger partial charge in [0.15, 0.2) is 11.5 Å². The van der Waals surface area contributed by atoms with Crippen molar-refractivity contribution in [2.75, 3.05) is 27.8 Å². The Morgan fingerprint density at radius 3 is 2.31 bits per heavy atom. The Morgan fingerprint density at radius 1 is 0.972 bits per heavy atom. The van der Waals surface area contributed by atoms with Crippen LogP contribution in [-0.2, 0) is 6.42 Å². The van der Waals surface area contributed by atoms with E-state index in [0.717, 1.165) is 11.1 Å². The van der Waals surface area contributed by atoms with E-state index < -0.39 is 4.92 Å². The SMILES string of the molecule is COc1ccc(CCN(C)C(=O)c2cc(-c3ccccc3)nn2-c2ccc([N+](=O)[O-])cc2)cc1OC. The summed E-state index contributed by atoms with van der Waals surface area (Å²) >= 11 is 0. The first-order valence-electron chi connectivity index (χ1n) is 11.3. The quantitative estimate of drug-likeness (QED) is 0.249. The molecular formula is C27H26N4O5. The van der Waals surface area contributed by atoms with Gasteiger partial charge >= 0.3 is 0 Å². The van der Waals surface area contributed by atoms with E-state index in [2.05, 4.69) is 5.10 Å². The van der Waals surface area contributed by atoms with Gasteiger partial charge in [-0.1, -0.05) is 36.4 Å². The number of aromatic nitrogens is 2. The van der Waals surface area contributed by atoms with Gasteiger partial charge in [-0.3, -0.25) is 14.9 Å². The van der Waals surface area contributed by atoms with Crippen molar-refractivity contribution in [2.24, 2.45) is 0 Å². The molecule has 0 unspecified atom stereocenters. The third kappa shape index (κ3) is 5.20. The Balaban J connectivity index is 1.61. The molecule has 0 N–H and O–H groups in total. The minimum absolute atomic E-state index is 0.0332. The highest BCUT2D eigenvalue weighted by atomic mass is 16.6. The molecule has 0 aliphatic heterocycles. The van der Waals surface area contributed by atoms with Crippen LogP contribution in [0, 0.1) is 10.1 Å². The fraction of sp³-hybridized carbons (Fsp3) is 0.185. The smallest absolute Gasteiger partial charge is 0.272 e. The van der Waals surface area contributed by atoms with Crippen LogP contribution in [0.2, 0.25) is 0 Å². The van der Waals surface area contributed by atoms with Gasteiger partial charge in [0, 0.05) is 31.3 Å². The maximum atomic E-state index is 13.5. The molecule has 1 aromatic heterocycles. The fourth-order valence-corrected chi connectivity index (χ4v) is 3.83. The largest absolute Gasteiger partial charge is 0.493 e. The van der Waals surface area contributed by atoms with Crippen molar-refractivity contribution in [1.29, 1.82) is 0 Å². The number of likely N-dealkylation sites (N-methyl/N-ethyl adjacent to an activating group) is 1. The molecule has 0 radical (unpaired) electrons. The lowest BCUT2D eigenvalue weighted by molar-refractivity contribution is -0.384. The highest BCUT2D eigenvalue weighted by molar-refractivity contribution is 5.94. The molecular weight excluding hydrogens is 460 g/mol. The van der Waals surface area contributed by atoms with E-state index in [1.54, 1.807) is 44.4 Å². The normalized spacial score (nSPS) is 10.6. The molecule has 4 rings (SSSR count). The second-order valence-electron chi connectivity index (χ2n) is 8.13. The van der Waals surface area contributed by atoms with Gasteiger partial charge in [-0.25, -0.2) is 4.68 Å². The first-order valence-corrected chi connectivity index (χ1v) is 11.3. The van der Waals surface area contributed by atoms with Crippen LogP contribution in [0.25, 0.3) is 16.9 Å². The summed E-state index contributed by atoms with van der Waals surface area (Å²) in [5.41, 5.74) is 3.37. The second-order valence-corrected chi connectivity index (χ2v) is 8.13. The Hall–Kier alpha value is -4.66. The molecule has 0 saturated carbocycles. The third-order valence-corrected chi connectivity index (χ3v) is 5.83. The van der Waals surface area contributed by atoms with Crippen LogP contribution in [0.1, 0.15) is 16.1 Å². The Kier molecular flexibility index (Phi) is 7.29. The Bertz CT molecular complexity index is 1370. The monoisotopic (exact) mass is 486 g/mol. The summed E-state index contributed by atoms with van der Waals surface area (Å²) in [6, 6.07) is 22.9. The summed E-state index contributed by atoms with van der Waals surface area (Å²) in [5, 5.41) is 15.7. The first-order chi connectivity index (χ1) is 17.4. The molecule has 3 aromatic carbocycles. The maximum Gasteiger partial charge on any atom is 0.272 e. The van der Waals surface area contributed by atoms with Crippen molar-refractivity contribution in [1.82, 2.24) is 14.7 Å². The topological polar surface area (TPSA) is 99.7 Å². The Morgan fingerprint density at radius 2 is 1.67 bits per heavy atom. The molecule has 0 spiro atoms. The number of nitro benzene ring substituents is 1. The third-order valence-electron chi connectivity index (χ3n) is 5.83. The van der Waals surface area contributed by atoms with Crippen molar-refractivity contribution >= 4 is 11.6 Å². The van der Waals surface area contributed by atoms with Crippen molar-refractivity contribution in [2.45, 2.75) is 6.42 Å². The minimum atomic E-state index is -0.462. The molecule has 36 heavy (non-hydrogen) atoms. The molecule has 0 bridgehead atoms. The van der Waals surface area contributed by atoms with E-state index >= 15 is 0 Å². The van der Waals surface area contributed by atoms with Gasteiger partial charge in [-0.2, -0.15) is 5.10 Å². The first kappa shape index (κ1) is 24.5. The molecule has 184 valence electrons. The summed E-state index contributed by atoms with van der Waals surface area (Å²) in [4.78, 5) is 25.8. The van der Waals surface area contributed by atoms with Crippen LogP contribution in [0.3, 0.4) is 0 Å². The molecule has 4 aromatic rings. The fourth-order valence-electron chi connectivity index (χ4n) is 3.83. The van der Waals surface area contributed by atoms with Gasteiger partial charge in [0.25, 0.3) is 11.6 Å². The van der Waals surface area contributed by atoms with Gasteiger partial charge in [0.2, 0.25) is 0 Å². The number of hydrogen-bond acceptors (Lipinski definition) is 6. The summed E-state index contributed by atoms with van der Waals surface area (Å²) in [7, 11) is 4.90. The van der Waals surface area contributed by atoms with E-state index in [4.69, 9.17) is 9.47 Å². The van der Waals surface area contributed by atoms with E-state index in [0.29, 0.717) is 41.5 Å². The summed E-state index contributed by atoms with van der Waals surface area (Å²) in [6.45, 7) is 0.459. The summed E-state index contributed by atoms with van der Waals surface area (Å²) in [6.07, 6.45) is 0.611. The maximum absolute atomic E-state index is 13.5. The Labute approximate surface area is 208 Å². The van der Waals surface area contributed by atoms with Crippen LogP contribution in [0.5, 0.6) is 11.5 Å². The van der Waals surface area contributed by atoms with Gasteiger partial charge < -0.3 is 14.4 Å². The number of nitrogens with zero attached hydrogens (tertiary/aromatic N) is 4. The van der Waals surface area contributed by atoms with Gasteiger partial charge in [-0.15, -0.1) is 0 Å². The second kappa shape index (κ2) is 10.7. The number of methoxy groups -OCH3 is 2. The van der Waals surface area contributed by atoms with E-state index in [9.17, 15) is 14.9 Å². The number of rotatable bonds is 9. The highest BCUT2D eigenvalue weighted by Crippen LogP contribution is 2.28. The zero-order chi connectivity index (χ0) is 25.7. The molecule has 9 heteroatoms. The zero-order valence-corrected chi connectivity index (χ0v) is 20.2. The molecule has 9 nitrogen and oxygen atoms in total. The number of ether oxygens (including phenoxy) is 2. The zero-order valence-electron chi connectivity index (χ0n) is 20.2. The number of carbonyl (C=O) groups excluding carboxylic acids is 1. The number of carbonyl (C=O) groups is 1. The van der Waals surface area contributed by atoms with E-state index in [1.165, 1.54) is 16.8 Å². The lowest BCUT2D eigenvalue weighted by atomic mass is 10.1. The number of hydrogen-bond donors (Lipinski definition) is 0. The molecule has 1 heterocycles. The summed E-state index contributed by atoms with van der Waals surface area (Å²) in [5.74, 6) is 1.06. The van der Waals surface area contributed by atoms with Crippen LogP contribution in [-0.4, -0.2) is 53.3 Å². The summed E-state index contributed by atoms with van der Waals surface area (Å²) < 4.78 is 12.2. The highest BCUT2D eigenvalue weighted by Gasteiger charge is 2.21. The van der Waals surface area contributed by atoms with Gasteiger partial charge in [-0.05, 0) is 42.3 Å². The van der Waals surface area contributed by atoms with Gasteiger partial charge in [0.05, 0.1) is 30.5 Å². The molecule has 0 aliphatic rings.